The third kappa shape index (κ3) is 1.86. The number of isocyanates is 1. The lowest BCUT2D eigenvalue weighted by Crippen LogP contribution is -2.05. The van der Waals surface area contributed by atoms with E-state index in [1.807, 2.05) is 24.5 Å². The van der Waals surface area contributed by atoms with Crippen LogP contribution < -0.4 is 4.74 Å². The minimum Gasteiger partial charge on any atom is -0.496 e. The molecule has 0 aliphatic heterocycles. The molecule has 0 bridgehead atoms. The van der Waals surface area contributed by atoms with Crippen molar-refractivity contribution in [3.8, 4) is 5.75 Å². The van der Waals surface area contributed by atoms with Crippen LogP contribution in [0.4, 0.5) is 0 Å². The lowest BCUT2D eigenvalue weighted by atomic mass is 10.0. The van der Waals surface area contributed by atoms with Crippen LogP contribution in [0.5, 0.6) is 5.75 Å². The van der Waals surface area contributed by atoms with Gasteiger partial charge in [0, 0.05) is 10.5 Å². The molecule has 0 spiro atoms. The van der Waals surface area contributed by atoms with E-state index in [1.54, 1.807) is 25.0 Å². The molecule has 16 heavy (non-hydrogen) atoms. The average Bonchev–Trinajstić information content (AvgIpc) is 3.09. The van der Waals surface area contributed by atoms with Crippen LogP contribution in [-0.4, -0.2) is 19.4 Å². The van der Waals surface area contributed by atoms with E-state index >= 15 is 0 Å². The summed E-state index contributed by atoms with van der Waals surface area (Å²) in [5.41, 5.74) is 0.639. The highest BCUT2D eigenvalue weighted by molar-refractivity contribution is 7.98. The van der Waals surface area contributed by atoms with Gasteiger partial charge in [0.05, 0.1) is 7.11 Å². The van der Waals surface area contributed by atoms with Gasteiger partial charge in [-0.15, -0.1) is 11.8 Å². The molecule has 0 radical (unpaired) electrons. The molecule has 1 aliphatic rings. The second kappa shape index (κ2) is 4.32. The number of carbonyl (C=O) groups excluding carboxylic acids is 1. The minimum absolute atomic E-state index is 0.357. The molecule has 1 aromatic carbocycles. The summed E-state index contributed by atoms with van der Waals surface area (Å²) in [6, 6.07) is 6.02. The second-order valence-corrected chi connectivity index (χ2v) is 4.68. The number of ether oxygens (including phenoxy) is 1. The van der Waals surface area contributed by atoms with Crippen molar-refractivity contribution in [2.24, 2.45) is 4.99 Å². The molecule has 1 aromatic rings. The number of benzene rings is 1. The largest absolute Gasteiger partial charge is 0.496 e. The predicted molar refractivity (Wildman–Crippen MR) is 63.8 cm³/mol. The molecule has 1 saturated carbocycles. The van der Waals surface area contributed by atoms with Crippen molar-refractivity contribution >= 4 is 17.8 Å². The minimum atomic E-state index is -0.357. The monoisotopic (exact) mass is 235 g/mol. The molecule has 0 amide bonds. The fourth-order valence-corrected chi connectivity index (χ4v) is 2.26. The van der Waals surface area contributed by atoms with Crippen molar-refractivity contribution in [3.05, 3.63) is 23.8 Å². The van der Waals surface area contributed by atoms with Gasteiger partial charge in [-0.1, -0.05) is 6.07 Å². The molecule has 0 unspecified atom stereocenters. The van der Waals surface area contributed by atoms with Crippen LogP contribution in [0.15, 0.2) is 28.1 Å². The van der Waals surface area contributed by atoms with Crippen molar-refractivity contribution in [1.29, 1.82) is 0 Å². The molecule has 0 saturated heterocycles. The summed E-state index contributed by atoms with van der Waals surface area (Å²) in [6.07, 6.45) is 5.48. The maximum atomic E-state index is 10.4. The van der Waals surface area contributed by atoms with Crippen molar-refractivity contribution < 1.29 is 9.53 Å². The summed E-state index contributed by atoms with van der Waals surface area (Å²) >= 11 is 1.66. The van der Waals surface area contributed by atoms with Crippen LogP contribution in [0.25, 0.3) is 0 Å². The smallest absolute Gasteiger partial charge is 0.235 e. The third-order valence-electron chi connectivity index (χ3n) is 2.89. The van der Waals surface area contributed by atoms with Gasteiger partial charge in [0.2, 0.25) is 6.08 Å². The van der Waals surface area contributed by atoms with Crippen molar-refractivity contribution in [1.82, 2.24) is 0 Å². The summed E-state index contributed by atoms with van der Waals surface area (Å²) in [4.78, 5) is 15.5. The second-order valence-electron chi connectivity index (χ2n) is 3.80. The number of thioether (sulfide) groups is 1. The Kier molecular flexibility index (Phi) is 3.03. The molecule has 0 aromatic heterocycles. The first kappa shape index (κ1) is 11.2. The molecule has 0 N–H and O–H groups in total. The summed E-state index contributed by atoms with van der Waals surface area (Å²) in [5.74, 6) is 0.809. The van der Waals surface area contributed by atoms with Gasteiger partial charge in [-0.05, 0) is 31.2 Å². The van der Waals surface area contributed by atoms with Crippen LogP contribution in [0.2, 0.25) is 0 Å². The summed E-state index contributed by atoms with van der Waals surface area (Å²) in [6.45, 7) is 0. The quantitative estimate of drug-likeness (QED) is 0.457. The highest BCUT2D eigenvalue weighted by Gasteiger charge is 2.46. The predicted octanol–water partition coefficient (Wildman–Crippen LogP) is 2.74. The molecule has 1 fully saturated rings. The van der Waals surface area contributed by atoms with Gasteiger partial charge in [0.1, 0.15) is 11.3 Å². The number of aliphatic imine (C=N–C) groups is 1. The molecular formula is C12H13NO2S. The lowest BCUT2D eigenvalue weighted by molar-refractivity contribution is 0.403. The molecule has 0 heterocycles. The number of hydrogen-bond donors (Lipinski definition) is 0. The maximum Gasteiger partial charge on any atom is 0.235 e. The number of methoxy groups -OCH3 is 1. The molecule has 2 rings (SSSR count). The van der Waals surface area contributed by atoms with E-state index in [2.05, 4.69) is 4.99 Å². The molecule has 1 aliphatic carbocycles. The Bertz CT molecular complexity index is 448. The van der Waals surface area contributed by atoms with E-state index in [0.29, 0.717) is 0 Å². The zero-order valence-corrected chi connectivity index (χ0v) is 10.1. The Morgan fingerprint density at radius 1 is 1.50 bits per heavy atom. The topological polar surface area (TPSA) is 38.7 Å². The van der Waals surface area contributed by atoms with Crippen LogP contribution in [0.3, 0.4) is 0 Å². The Balaban J connectivity index is 2.45. The normalized spacial score (nSPS) is 16.4. The average molecular weight is 235 g/mol. The fraction of sp³-hybridized carbons (Fsp3) is 0.417. The number of hydrogen-bond acceptors (Lipinski definition) is 4. The lowest BCUT2D eigenvalue weighted by Gasteiger charge is -2.14. The Hall–Kier alpha value is -1.25. The van der Waals surface area contributed by atoms with E-state index in [0.717, 1.165) is 29.1 Å². The highest BCUT2D eigenvalue weighted by atomic mass is 32.2. The SMILES string of the molecule is COc1cc(SC)ccc1C1(N=C=O)CC1. The zero-order valence-electron chi connectivity index (χ0n) is 9.32. The van der Waals surface area contributed by atoms with Crippen molar-refractivity contribution in [2.75, 3.05) is 13.4 Å². The molecule has 0 atom stereocenters. The molecule has 3 nitrogen and oxygen atoms in total. The van der Waals surface area contributed by atoms with Gasteiger partial charge in [-0.3, -0.25) is 0 Å². The van der Waals surface area contributed by atoms with Gasteiger partial charge >= 0.3 is 0 Å². The Morgan fingerprint density at radius 2 is 2.25 bits per heavy atom. The third-order valence-corrected chi connectivity index (χ3v) is 3.62. The number of rotatable bonds is 4. The molecule has 4 heteroatoms. The van der Waals surface area contributed by atoms with Gasteiger partial charge in [0.15, 0.2) is 0 Å². The maximum absolute atomic E-state index is 10.4. The van der Waals surface area contributed by atoms with Crippen LogP contribution in [-0.2, 0) is 10.3 Å². The Morgan fingerprint density at radius 3 is 2.75 bits per heavy atom. The van der Waals surface area contributed by atoms with Gasteiger partial charge in [-0.25, -0.2) is 4.79 Å². The highest BCUT2D eigenvalue weighted by Crippen LogP contribution is 2.52. The summed E-state index contributed by atoms with van der Waals surface area (Å²) in [5, 5.41) is 0. The van der Waals surface area contributed by atoms with Crippen molar-refractivity contribution in [2.45, 2.75) is 23.3 Å². The zero-order chi connectivity index (χ0) is 11.6. The standard InChI is InChI=1S/C12H13NO2S/c1-15-11-7-9(16-2)3-4-10(11)12(5-6-12)13-8-14/h3-4,7H,5-6H2,1-2H3. The van der Waals surface area contributed by atoms with E-state index in [1.165, 1.54) is 0 Å². The Labute approximate surface area is 98.9 Å². The van der Waals surface area contributed by atoms with E-state index in [9.17, 15) is 4.79 Å². The van der Waals surface area contributed by atoms with Crippen molar-refractivity contribution in [3.63, 3.8) is 0 Å². The summed E-state index contributed by atoms with van der Waals surface area (Å²) < 4.78 is 5.36. The first-order chi connectivity index (χ1) is 7.75. The van der Waals surface area contributed by atoms with E-state index in [-0.39, 0.29) is 5.54 Å². The van der Waals surface area contributed by atoms with Crippen LogP contribution in [0, 0.1) is 0 Å². The van der Waals surface area contributed by atoms with Gasteiger partial charge < -0.3 is 4.74 Å². The first-order valence-corrected chi connectivity index (χ1v) is 6.30. The first-order valence-electron chi connectivity index (χ1n) is 5.07. The van der Waals surface area contributed by atoms with Crippen LogP contribution >= 0.6 is 11.8 Å². The molecule has 84 valence electrons. The summed E-state index contributed by atoms with van der Waals surface area (Å²) in [7, 11) is 1.64. The fourth-order valence-electron chi connectivity index (χ4n) is 1.83. The van der Waals surface area contributed by atoms with Gasteiger partial charge in [-0.2, -0.15) is 4.99 Å². The van der Waals surface area contributed by atoms with E-state index < -0.39 is 0 Å². The molecular weight excluding hydrogens is 222 g/mol. The van der Waals surface area contributed by atoms with E-state index in [4.69, 9.17) is 4.74 Å². The number of nitrogens with zero attached hydrogens (tertiary/aromatic N) is 1. The van der Waals surface area contributed by atoms with Gasteiger partial charge in [0.25, 0.3) is 0 Å². The van der Waals surface area contributed by atoms with Crippen LogP contribution in [0.1, 0.15) is 18.4 Å².